The van der Waals surface area contributed by atoms with Gasteiger partial charge in [-0.15, -0.1) is 11.3 Å². The quantitative estimate of drug-likeness (QED) is 0.723. The molecule has 1 amide bonds. The first-order valence-corrected chi connectivity index (χ1v) is 10.1. The number of carbonyl (C=O) groups is 1. The average molecular weight is 374 g/mol. The zero-order valence-electron chi connectivity index (χ0n) is 15.6. The van der Waals surface area contributed by atoms with Gasteiger partial charge in [-0.1, -0.05) is 18.2 Å². The molecule has 1 aromatic heterocycles. The van der Waals surface area contributed by atoms with Crippen molar-refractivity contribution >= 4 is 17.2 Å². The first kappa shape index (κ1) is 18.9. The Morgan fingerprint density at radius 3 is 2.77 bits per heavy atom. The fourth-order valence-corrected chi connectivity index (χ4v) is 4.16. The molecule has 0 spiro atoms. The van der Waals surface area contributed by atoms with Gasteiger partial charge < -0.3 is 15.0 Å². The predicted octanol–water partition coefficient (Wildman–Crippen LogP) is 3.09. The average Bonchev–Trinajstić information content (AvgIpc) is 3.27. The lowest BCUT2D eigenvalue weighted by Gasteiger charge is -2.17. The van der Waals surface area contributed by atoms with Crippen LogP contribution in [0.5, 0.6) is 5.75 Å². The molecule has 26 heavy (non-hydrogen) atoms. The lowest BCUT2D eigenvalue weighted by Crippen LogP contribution is -2.32. The Morgan fingerprint density at radius 1 is 1.27 bits per heavy atom. The summed E-state index contributed by atoms with van der Waals surface area (Å²) < 4.78 is 5.81. The fraction of sp³-hybridized carbons (Fsp3) is 0.500. The molecule has 1 aliphatic rings. The summed E-state index contributed by atoms with van der Waals surface area (Å²) in [7, 11) is 0. The molecule has 0 radical (unpaired) electrons. The zero-order chi connectivity index (χ0) is 18.4. The van der Waals surface area contributed by atoms with E-state index in [-0.39, 0.29) is 12.5 Å². The number of para-hydroxylation sites is 1. The summed E-state index contributed by atoms with van der Waals surface area (Å²) in [4.78, 5) is 19.9. The number of amides is 1. The number of hydrogen-bond donors (Lipinski definition) is 1. The van der Waals surface area contributed by atoms with E-state index in [0.717, 1.165) is 67.5 Å². The van der Waals surface area contributed by atoms with E-state index < -0.39 is 0 Å². The van der Waals surface area contributed by atoms with Crippen LogP contribution in [0.3, 0.4) is 0 Å². The summed E-state index contributed by atoms with van der Waals surface area (Å²) in [6.45, 7) is 7.58. The van der Waals surface area contributed by atoms with Crippen molar-refractivity contribution < 1.29 is 9.53 Å². The molecule has 1 saturated heterocycles. The highest BCUT2D eigenvalue weighted by atomic mass is 32.1. The lowest BCUT2D eigenvalue weighted by molar-refractivity contribution is -0.132. The van der Waals surface area contributed by atoms with Gasteiger partial charge in [0.05, 0.1) is 10.7 Å². The topological polar surface area (TPSA) is 54.5 Å². The molecule has 0 bridgehead atoms. The molecule has 3 rings (SSSR count). The van der Waals surface area contributed by atoms with Crippen LogP contribution in [0.15, 0.2) is 24.3 Å². The van der Waals surface area contributed by atoms with Crippen molar-refractivity contribution in [3.8, 4) is 5.75 Å². The third-order valence-corrected chi connectivity index (χ3v) is 5.76. The van der Waals surface area contributed by atoms with Gasteiger partial charge in [0.25, 0.3) is 5.91 Å². The van der Waals surface area contributed by atoms with Crippen molar-refractivity contribution in [2.45, 2.75) is 39.7 Å². The van der Waals surface area contributed by atoms with Crippen LogP contribution in [0.4, 0.5) is 0 Å². The Bertz CT molecular complexity index is 738. The molecule has 0 saturated carbocycles. The Labute approximate surface area is 159 Å². The van der Waals surface area contributed by atoms with Gasteiger partial charge in [-0.2, -0.15) is 0 Å². The molecule has 2 aromatic rings. The molecule has 0 unspecified atom stereocenters. The highest BCUT2D eigenvalue weighted by Crippen LogP contribution is 2.19. The molecule has 1 aliphatic heterocycles. The third kappa shape index (κ3) is 5.05. The molecular weight excluding hydrogens is 346 g/mol. The minimum atomic E-state index is 0.0845. The Morgan fingerprint density at radius 2 is 2.04 bits per heavy atom. The number of nitrogens with one attached hydrogen (secondary N) is 1. The van der Waals surface area contributed by atoms with E-state index in [4.69, 9.17) is 4.74 Å². The maximum atomic E-state index is 12.2. The number of aromatic nitrogens is 1. The van der Waals surface area contributed by atoms with E-state index in [1.54, 1.807) is 11.3 Å². The molecule has 0 atom stereocenters. The first-order valence-electron chi connectivity index (χ1n) is 9.25. The van der Waals surface area contributed by atoms with Crippen molar-refractivity contribution in [1.82, 2.24) is 15.2 Å². The van der Waals surface area contributed by atoms with E-state index in [1.165, 1.54) is 4.88 Å². The smallest absolute Gasteiger partial charge is 0.260 e. The molecular formula is C20H27N3O2S. The second kappa shape index (κ2) is 9.14. The molecule has 1 fully saturated rings. The number of hydrogen-bond acceptors (Lipinski definition) is 5. The number of rotatable bonds is 8. The van der Waals surface area contributed by atoms with E-state index >= 15 is 0 Å². The van der Waals surface area contributed by atoms with Gasteiger partial charge in [0.2, 0.25) is 0 Å². The number of benzene rings is 1. The van der Waals surface area contributed by atoms with E-state index in [0.29, 0.717) is 0 Å². The normalized spacial score (nSPS) is 14.0. The SMILES string of the molecule is Cc1nc(C)c(CCNCc2ccccc2OCC(=O)N2CCCC2)s1. The van der Waals surface area contributed by atoms with Crippen LogP contribution >= 0.6 is 11.3 Å². The van der Waals surface area contributed by atoms with Gasteiger partial charge in [-0.3, -0.25) is 4.79 Å². The Balaban J connectivity index is 1.47. The lowest BCUT2D eigenvalue weighted by atomic mass is 10.2. The van der Waals surface area contributed by atoms with Crippen molar-refractivity contribution in [2.24, 2.45) is 0 Å². The maximum absolute atomic E-state index is 12.2. The predicted molar refractivity (Wildman–Crippen MR) is 105 cm³/mol. The minimum Gasteiger partial charge on any atom is -0.483 e. The van der Waals surface area contributed by atoms with E-state index in [1.807, 2.05) is 36.1 Å². The molecule has 140 valence electrons. The summed E-state index contributed by atoms with van der Waals surface area (Å²) >= 11 is 1.77. The van der Waals surface area contributed by atoms with Crippen LogP contribution in [0, 0.1) is 13.8 Å². The molecule has 1 aromatic carbocycles. The number of likely N-dealkylation sites (tertiary alicyclic amines) is 1. The monoisotopic (exact) mass is 373 g/mol. The van der Waals surface area contributed by atoms with Gasteiger partial charge in [-0.25, -0.2) is 4.98 Å². The Kier molecular flexibility index (Phi) is 6.63. The maximum Gasteiger partial charge on any atom is 0.260 e. The van der Waals surface area contributed by atoms with Crippen LogP contribution in [0.2, 0.25) is 0 Å². The van der Waals surface area contributed by atoms with Crippen molar-refractivity contribution in [3.05, 3.63) is 45.4 Å². The van der Waals surface area contributed by atoms with Gasteiger partial charge in [0.15, 0.2) is 6.61 Å². The summed E-state index contributed by atoms with van der Waals surface area (Å²) in [5.74, 6) is 0.874. The highest BCUT2D eigenvalue weighted by molar-refractivity contribution is 7.11. The van der Waals surface area contributed by atoms with Gasteiger partial charge in [0.1, 0.15) is 5.75 Å². The second-order valence-electron chi connectivity index (χ2n) is 6.65. The van der Waals surface area contributed by atoms with Crippen LogP contribution in [-0.2, 0) is 17.8 Å². The van der Waals surface area contributed by atoms with Crippen molar-refractivity contribution in [2.75, 3.05) is 26.2 Å². The van der Waals surface area contributed by atoms with Gasteiger partial charge in [0, 0.05) is 36.6 Å². The minimum absolute atomic E-state index is 0.0845. The van der Waals surface area contributed by atoms with Gasteiger partial charge >= 0.3 is 0 Å². The van der Waals surface area contributed by atoms with Crippen LogP contribution in [0.1, 0.15) is 34.0 Å². The summed E-state index contributed by atoms with van der Waals surface area (Å²) in [6, 6.07) is 7.93. The molecule has 1 N–H and O–H groups in total. The highest BCUT2D eigenvalue weighted by Gasteiger charge is 2.18. The van der Waals surface area contributed by atoms with Crippen molar-refractivity contribution in [1.29, 1.82) is 0 Å². The van der Waals surface area contributed by atoms with E-state index in [9.17, 15) is 4.79 Å². The molecule has 6 heteroatoms. The first-order chi connectivity index (χ1) is 12.6. The number of ether oxygens (including phenoxy) is 1. The summed E-state index contributed by atoms with van der Waals surface area (Å²) in [5.41, 5.74) is 2.22. The van der Waals surface area contributed by atoms with Crippen LogP contribution < -0.4 is 10.1 Å². The summed E-state index contributed by atoms with van der Waals surface area (Å²) in [5, 5.41) is 4.60. The number of nitrogens with zero attached hydrogens (tertiary/aromatic N) is 2. The zero-order valence-corrected chi connectivity index (χ0v) is 16.4. The second-order valence-corrected chi connectivity index (χ2v) is 7.94. The fourth-order valence-electron chi connectivity index (χ4n) is 3.22. The number of carbonyl (C=O) groups excluding carboxylic acids is 1. The largest absolute Gasteiger partial charge is 0.483 e. The molecule has 5 nitrogen and oxygen atoms in total. The Hall–Kier alpha value is -1.92. The van der Waals surface area contributed by atoms with Crippen molar-refractivity contribution in [3.63, 3.8) is 0 Å². The van der Waals surface area contributed by atoms with E-state index in [2.05, 4.69) is 17.2 Å². The van der Waals surface area contributed by atoms with Crippen LogP contribution in [-0.4, -0.2) is 42.0 Å². The molecule has 0 aliphatic carbocycles. The summed E-state index contributed by atoms with van der Waals surface area (Å²) in [6.07, 6.45) is 3.18. The third-order valence-electron chi connectivity index (χ3n) is 4.63. The number of thiazole rings is 1. The standard InChI is InChI=1S/C20H27N3O2S/c1-15-19(26-16(2)22-15)9-10-21-13-17-7-3-4-8-18(17)25-14-20(24)23-11-5-6-12-23/h3-4,7-8,21H,5-6,9-14H2,1-2H3. The number of aryl methyl sites for hydroxylation is 2. The van der Waals surface area contributed by atoms with Gasteiger partial charge in [-0.05, 0) is 39.2 Å². The molecule has 2 heterocycles. The van der Waals surface area contributed by atoms with Crippen LogP contribution in [0.25, 0.3) is 0 Å².